The first-order chi connectivity index (χ1) is 9.16. The van der Waals surface area contributed by atoms with Crippen LogP contribution < -0.4 is 5.32 Å². The monoisotopic (exact) mass is 259 g/mol. The van der Waals surface area contributed by atoms with Gasteiger partial charge in [-0.1, -0.05) is 26.0 Å². The van der Waals surface area contributed by atoms with Gasteiger partial charge in [-0.2, -0.15) is 0 Å². The summed E-state index contributed by atoms with van der Waals surface area (Å²) in [6.45, 7) is 4.92. The molecule has 100 valence electrons. The highest BCUT2D eigenvalue weighted by atomic mass is 19.1. The maximum atomic E-state index is 13.0. The van der Waals surface area contributed by atoms with Crippen molar-refractivity contribution in [2.45, 2.75) is 26.4 Å². The largest absolute Gasteiger partial charge is 0.304 e. The second-order valence-electron chi connectivity index (χ2n) is 4.85. The Morgan fingerprint density at radius 1 is 1.16 bits per heavy atom. The molecule has 19 heavy (non-hydrogen) atoms. The molecule has 2 aromatic rings. The van der Waals surface area contributed by atoms with Crippen molar-refractivity contribution in [1.82, 2.24) is 15.3 Å². The summed E-state index contributed by atoms with van der Waals surface area (Å²) in [5, 5.41) is 3.45. The summed E-state index contributed by atoms with van der Waals surface area (Å²) in [5.41, 5.74) is 1.98. The van der Waals surface area contributed by atoms with Gasteiger partial charge in [0, 0.05) is 31.2 Å². The second kappa shape index (κ2) is 6.38. The van der Waals surface area contributed by atoms with Crippen LogP contribution in [-0.2, 0) is 6.54 Å². The maximum absolute atomic E-state index is 13.0. The van der Waals surface area contributed by atoms with E-state index in [1.54, 1.807) is 18.6 Å². The van der Waals surface area contributed by atoms with E-state index < -0.39 is 0 Å². The average Bonchev–Trinajstić information content (AvgIpc) is 2.42. The zero-order valence-corrected chi connectivity index (χ0v) is 11.2. The fourth-order valence-electron chi connectivity index (χ4n) is 2.04. The molecule has 4 heteroatoms. The summed E-state index contributed by atoms with van der Waals surface area (Å²) in [4.78, 5) is 8.27. The topological polar surface area (TPSA) is 37.8 Å². The molecule has 0 spiro atoms. The van der Waals surface area contributed by atoms with Gasteiger partial charge in [0.2, 0.25) is 0 Å². The Kier molecular flexibility index (Phi) is 4.58. The lowest BCUT2D eigenvalue weighted by atomic mass is 9.96. The van der Waals surface area contributed by atoms with Crippen molar-refractivity contribution in [3.8, 4) is 0 Å². The normalized spacial score (nSPS) is 12.6. The molecule has 0 radical (unpaired) electrons. The number of aromatic nitrogens is 2. The lowest BCUT2D eigenvalue weighted by Crippen LogP contribution is -2.25. The molecular weight excluding hydrogens is 241 g/mol. The van der Waals surface area contributed by atoms with Gasteiger partial charge in [-0.05, 0) is 23.6 Å². The van der Waals surface area contributed by atoms with E-state index in [1.165, 1.54) is 12.1 Å². The van der Waals surface area contributed by atoms with Crippen LogP contribution in [0.1, 0.15) is 31.1 Å². The summed E-state index contributed by atoms with van der Waals surface area (Å²) in [6.07, 6.45) is 5.08. The smallest absolute Gasteiger partial charge is 0.123 e. The number of nitrogens with one attached hydrogen (secondary N) is 1. The van der Waals surface area contributed by atoms with Gasteiger partial charge in [-0.15, -0.1) is 0 Å². The van der Waals surface area contributed by atoms with Gasteiger partial charge in [-0.25, -0.2) is 4.39 Å². The van der Waals surface area contributed by atoms with Crippen LogP contribution in [0.4, 0.5) is 4.39 Å². The minimum atomic E-state index is -0.208. The molecule has 0 aliphatic carbocycles. The van der Waals surface area contributed by atoms with Crippen molar-refractivity contribution in [2.75, 3.05) is 0 Å². The molecule has 0 amide bonds. The van der Waals surface area contributed by atoms with Crippen molar-refractivity contribution in [3.05, 3.63) is 59.9 Å². The molecular formula is C15H18FN3. The van der Waals surface area contributed by atoms with Crippen LogP contribution in [0.3, 0.4) is 0 Å². The Balaban J connectivity index is 2.06. The summed E-state index contributed by atoms with van der Waals surface area (Å²) in [6, 6.07) is 6.80. The van der Waals surface area contributed by atoms with Crippen LogP contribution in [0, 0.1) is 11.7 Å². The van der Waals surface area contributed by atoms with E-state index in [9.17, 15) is 4.39 Å². The third-order valence-electron chi connectivity index (χ3n) is 3.02. The van der Waals surface area contributed by atoms with Crippen LogP contribution in [-0.4, -0.2) is 9.97 Å². The standard InChI is InChI=1S/C15H18FN3/c1-11(2)15(12-3-5-13(16)6-4-12)19-10-14-9-17-7-8-18-14/h3-9,11,15,19H,10H2,1-2H3. The highest BCUT2D eigenvalue weighted by molar-refractivity contribution is 5.20. The zero-order chi connectivity index (χ0) is 13.7. The first-order valence-electron chi connectivity index (χ1n) is 6.40. The van der Waals surface area contributed by atoms with Gasteiger partial charge in [0.1, 0.15) is 5.82 Å². The molecule has 1 N–H and O–H groups in total. The number of nitrogens with zero attached hydrogens (tertiary/aromatic N) is 2. The molecule has 0 fully saturated rings. The van der Waals surface area contributed by atoms with Gasteiger partial charge in [-0.3, -0.25) is 9.97 Å². The Bertz CT molecular complexity index is 497. The minimum absolute atomic E-state index is 0.169. The van der Waals surface area contributed by atoms with E-state index in [0.29, 0.717) is 12.5 Å². The van der Waals surface area contributed by atoms with Crippen LogP contribution in [0.25, 0.3) is 0 Å². The molecule has 1 atom stereocenters. The summed E-state index contributed by atoms with van der Waals surface area (Å²) in [5.74, 6) is 0.197. The van der Waals surface area contributed by atoms with Crippen molar-refractivity contribution in [2.24, 2.45) is 5.92 Å². The fraction of sp³-hybridized carbons (Fsp3) is 0.333. The summed E-state index contributed by atoms with van der Waals surface area (Å²) >= 11 is 0. The molecule has 1 heterocycles. The van der Waals surface area contributed by atoms with Crippen molar-refractivity contribution < 1.29 is 4.39 Å². The minimum Gasteiger partial charge on any atom is -0.304 e. The number of hydrogen-bond donors (Lipinski definition) is 1. The molecule has 0 aliphatic heterocycles. The predicted octanol–water partition coefficient (Wildman–Crippen LogP) is 3.10. The average molecular weight is 259 g/mol. The van der Waals surface area contributed by atoms with E-state index >= 15 is 0 Å². The van der Waals surface area contributed by atoms with Crippen LogP contribution in [0.15, 0.2) is 42.9 Å². The molecule has 0 bridgehead atoms. The van der Waals surface area contributed by atoms with E-state index in [4.69, 9.17) is 0 Å². The Hall–Kier alpha value is -1.81. The highest BCUT2D eigenvalue weighted by Crippen LogP contribution is 2.22. The Morgan fingerprint density at radius 3 is 2.47 bits per heavy atom. The van der Waals surface area contributed by atoms with E-state index in [0.717, 1.165) is 11.3 Å². The quantitative estimate of drug-likeness (QED) is 0.896. The highest BCUT2D eigenvalue weighted by Gasteiger charge is 2.15. The third-order valence-corrected chi connectivity index (χ3v) is 3.02. The van der Waals surface area contributed by atoms with Crippen molar-refractivity contribution >= 4 is 0 Å². The summed E-state index contributed by atoms with van der Waals surface area (Å²) in [7, 11) is 0. The second-order valence-corrected chi connectivity index (χ2v) is 4.85. The number of benzene rings is 1. The molecule has 1 aromatic carbocycles. The van der Waals surface area contributed by atoms with Gasteiger partial charge < -0.3 is 5.32 Å². The molecule has 3 nitrogen and oxygen atoms in total. The maximum Gasteiger partial charge on any atom is 0.123 e. The molecule has 1 aromatic heterocycles. The summed E-state index contributed by atoms with van der Waals surface area (Å²) < 4.78 is 13.0. The lowest BCUT2D eigenvalue weighted by molar-refractivity contribution is 0.407. The van der Waals surface area contributed by atoms with Crippen LogP contribution in [0.5, 0.6) is 0 Å². The predicted molar refractivity (Wildman–Crippen MR) is 72.9 cm³/mol. The van der Waals surface area contributed by atoms with Crippen molar-refractivity contribution in [3.63, 3.8) is 0 Å². The first-order valence-corrected chi connectivity index (χ1v) is 6.40. The molecule has 0 saturated carbocycles. The fourth-order valence-corrected chi connectivity index (χ4v) is 2.04. The third kappa shape index (κ3) is 3.83. The van der Waals surface area contributed by atoms with E-state index in [2.05, 4.69) is 29.1 Å². The lowest BCUT2D eigenvalue weighted by Gasteiger charge is -2.22. The first kappa shape index (κ1) is 13.6. The van der Waals surface area contributed by atoms with E-state index in [-0.39, 0.29) is 11.9 Å². The molecule has 1 unspecified atom stereocenters. The van der Waals surface area contributed by atoms with Gasteiger partial charge in [0.25, 0.3) is 0 Å². The van der Waals surface area contributed by atoms with Gasteiger partial charge >= 0.3 is 0 Å². The van der Waals surface area contributed by atoms with Gasteiger partial charge in [0.15, 0.2) is 0 Å². The number of hydrogen-bond acceptors (Lipinski definition) is 3. The molecule has 2 rings (SSSR count). The van der Waals surface area contributed by atoms with E-state index in [1.807, 2.05) is 12.1 Å². The number of halogens is 1. The van der Waals surface area contributed by atoms with Crippen molar-refractivity contribution in [1.29, 1.82) is 0 Å². The van der Waals surface area contributed by atoms with Crippen LogP contribution in [0.2, 0.25) is 0 Å². The zero-order valence-electron chi connectivity index (χ0n) is 11.2. The molecule has 0 aliphatic rings. The Morgan fingerprint density at radius 2 is 1.89 bits per heavy atom. The SMILES string of the molecule is CC(C)C(NCc1cnccn1)c1ccc(F)cc1. The van der Waals surface area contributed by atoms with Gasteiger partial charge in [0.05, 0.1) is 5.69 Å². The van der Waals surface area contributed by atoms with Crippen LogP contribution >= 0.6 is 0 Å². The number of rotatable bonds is 5. The Labute approximate surface area is 112 Å². The molecule has 0 saturated heterocycles.